The molecule has 3 aromatic rings. The van der Waals surface area contributed by atoms with Gasteiger partial charge in [-0.3, -0.25) is 9.11 Å². The molecule has 0 spiro atoms. The number of rotatable bonds is 2. The number of halogens is 2. The molecule has 0 fully saturated rings. The van der Waals surface area contributed by atoms with Crippen LogP contribution in [-0.2, 0) is 20.2 Å². The first-order chi connectivity index (χ1) is 12.9. The molecule has 0 heterocycles. The van der Waals surface area contributed by atoms with Crippen molar-refractivity contribution in [2.24, 2.45) is 0 Å². The van der Waals surface area contributed by atoms with E-state index >= 15 is 0 Å². The van der Waals surface area contributed by atoms with Gasteiger partial charge in [0.15, 0.2) is 4.98 Å². The Morgan fingerprint density at radius 2 is 1.25 bits per heavy atom. The van der Waals surface area contributed by atoms with Crippen LogP contribution in [0.5, 0.6) is 0 Å². The van der Waals surface area contributed by atoms with Crippen molar-refractivity contribution in [3.8, 4) is 0 Å². The third-order valence-electron chi connectivity index (χ3n) is 3.42. The summed E-state index contributed by atoms with van der Waals surface area (Å²) in [6, 6.07) is 12.2. The first-order valence-corrected chi connectivity index (χ1v) is 10.9. The molecular weight excluding hydrogens is 451 g/mol. The van der Waals surface area contributed by atoms with Crippen molar-refractivity contribution >= 4 is 59.9 Å². The zero-order valence-electron chi connectivity index (χ0n) is 13.7. The van der Waals surface area contributed by atoms with E-state index < -0.39 is 30.0 Å². The maximum absolute atomic E-state index is 11.2. The summed E-state index contributed by atoms with van der Waals surface area (Å²) in [5, 5.41) is 9.22. The number of diazo groups is 1. The molecule has 0 amide bonds. The minimum atomic E-state index is -4.47. The highest BCUT2D eigenvalue weighted by Gasteiger charge is 2.19. The second-order valence-corrected chi connectivity index (χ2v) is 8.88. The van der Waals surface area contributed by atoms with Gasteiger partial charge in [-0.15, -0.1) is 0 Å². The molecule has 0 aliphatic heterocycles. The summed E-state index contributed by atoms with van der Waals surface area (Å²) in [5.41, 5.74) is 0.325. The highest BCUT2D eigenvalue weighted by Crippen LogP contribution is 2.28. The van der Waals surface area contributed by atoms with Gasteiger partial charge in [-0.2, -0.15) is 16.8 Å². The SMILES string of the molecule is N#[N+]c1ccc(Cl)cc1Cl.O=S(=O)(O)c1cccc2c(S(=O)(=O)O)cccc12. The summed E-state index contributed by atoms with van der Waals surface area (Å²) in [6.07, 6.45) is 0. The van der Waals surface area contributed by atoms with Crippen LogP contribution in [-0.4, -0.2) is 25.9 Å². The van der Waals surface area contributed by atoms with Crippen molar-refractivity contribution in [1.29, 1.82) is 5.39 Å². The molecule has 0 bridgehead atoms. The quantitative estimate of drug-likeness (QED) is 0.412. The van der Waals surface area contributed by atoms with Crippen LogP contribution in [0.2, 0.25) is 10.0 Å². The van der Waals surface area contributed by atoms with E-state index in [-0.39, 0.29) is 10.8 Å². The molecule has 0 unspecified atom stereocenters. The van der Waals surface area contributed by atoms with Crippen molar-refractivity contribution in [1.82, 2.24) is 0 Å². The predicted molar refractivity (Wildman–Crippen MR) is 105 cm³/mol. The molecule has 146 valence electrons. The fraction of sp³-hybridized carbons (Fsp3) is 0. The largest absolute Gasteiger partial charge is 0.403 e. The van der Waals surface area contributed by atoms with Crippen molar-refractivity contribution in [3.63, 3.8) is 0 Å². The lowest BCUT2D eigenvalue weighted by molar-refractivity contribution is 0.481. The Morgan fingerprint density at radius 3 is 1.61 bits per heavy atom. The van der Waals surface area contributed by atoms with Crippen molar-refractivity contribution in [3.05, 3.63) is 69.6 Å². The van der Waals surface area contributed by atoms with Gasteiger partial charge in [0.2, 0.25) is 5.39 Å². The van der Waals surface area contributed by atoms with Gasteiger partial charge >= 0.3 is 5.69 Å². The molecule has 0 aliphatic carbocycles. The second kappa shape index (κ2) is 8.40. The average Bonchev–Trinajstić information content (AvgIpc) is 2.59. The zero-order chi connectivity index (χ0) is 21.1. The van der Waals surface area contributed by atoms with Crippen LogP contribution in [0.15, 0.2) is 64.4 Å². The zero-order valence-corrected chi connectivity index (χ0v) is 16.8. The molecule has 0 radical (unpaired) electrons. The predicted octanol–water partition coefficient (Wildman–Crippen LogP) is 4.81. The van der Waals surface area contributed by atoms with E-state index in [9.17, 15) is 16.8 Å². The molecule has 3 aromatic carbocycles. The standard InChI is InChI=1S/C10H8O6S2.C6H3Cl2N2/c11-17(12,13)9-5-1-3-7-8(9)4-2-6-10(7)18(14,15)16;7-4-1-2-6(10-9)5(8)3-4/h1-6H,(H,11,12,13)(H,14,15,16);1-3H/q;+1. The Bertz CT molecular complexity index is 1230. The smallest absolute Gasteiger partial charge is 0.282 e. The van der Waals surface area contributed by atoms with E-state index in [1.54, 1.807) is 6.07 Å². The lowest BCUT2D eigenvalue weighted by Gasteiger charge is -2.06. The Kier molecular flexibility index (Phi) is 6.61. The monoisotopic (exact) mass is 461 g/mol. The Morgan fingerprint density at radius 1 is 0.786 bits per heavy atom. The molecule has 28 heavy (non-hydrogen) atoms. The molecule has 2 N–H and O–H groups in total. The molecule has 0 saturated heterocycles. The number of nitrogens with zero attached hydrogens (tertiary/aromatic N) is 2. The molecule has 3 rings (SSSR count). The summed E-state index contributed by atoms with van der Waals surface area (Å²) in [5.74, 6) is 0. The highest BCUT2D eigenvalue weighted by molar-refractivity contribution is 7.86. The third kappa shape index (κ3) is 5.17. The molecular formula is C16H11Cl2N2O6S2+. The number of fused-ring (bicyclic) bond motifs is 1. The van der Waals surface area contributed by atoms with Crippen LogP contribution in [0.1, 0.15) is 0 Å². The van der Waals surface area contributed by atoms with E-state index in [2.05, 4.69) is 4.98 Å². The number of benzene rings is 3. The summed E-state index contributed by atoms with van der Waals surface area (Å²) in [6.45, 7) is 0. The number of hydrogen-bond acceptors (Lipinski definition) is 5. The molecule has 0 saturated carbocycles. The van der Waals surface area contributed by atoms with Crippen LogP contribution >= 0.6 is 23.2 Å². The average molecular weight is 462 g/mol. The molecule has 0 atom stereocenters. The Labute approximate surface area is 170 Å². The molecule has 0 aromatic heterocycles. The molecule has 0 aliphatic rings. The van der Waals surface area contributed by atoms with E-state index in [0.717, 1.165) is 12.1 Å². The lowest BCUT2D eigenvalue weighted by Crippen LogP contribution is -2.02. The van der Waals surface area contributed by atoms with E-state index in [1.165, 1.54) is 36.4 Å². The fourth-order valence-electron chi connectivity index (χ4n) is 2.26. The van der Waals surface area contributed by atoms with Gasteiger partial charge in [0, 0.05) is 21.9 Å². The third-order valence-corrected chi connectivity index (χ3v) is 5.78. The van der Waals surface area contributed by atoms with Crippen molar-refractivity contribution in [2.45, 2.75) is 9.79 Å². The van der Waals surface area contributed by atoms with E-state index in [0.29, 0.717) is 15.7 Å². The Balaban J connectivity index is 0.000000237. The molecule has 12 heteroatoms. The first kappa shape index (κ1) is 22.0. The minimum Gasteiger partial charge on any atom is -0.282 e. The maximum Gasteiger partial charge on any atom is 0.403 e. The van der Waals surface area contributed by atoms with Gasteiger partial charge in [-0.25, -0.2) is 0 Å². The summed E-state index contributed by atoms with van der Waals surface area (Å²) in [7, 11) is -8.94. The van der Waals surface area contributed by atoms with Crippen molar-refractivity contribution < 1.29 is 25.9 Å². The van der Waals surface area contributed by atoms with Gasteiger partial charge in [0.1, 0.15) is 14.8 Å². The summed E-state index contributed by atoms with van der Waals surface area (Å²) < 4.78 is 62.7. The summed E-state index contributed by atoms with van der Waals surface area (Å²) >= 11 is 11.2. The van der Waals surface area contributed by atoms with E-state index in [4.69, 9.17) is 37.7 Å². The van der Waals surface area contributed by atoms with Crippen LogP contribution in [0, 0.1) is 5.39 Å². The van der Waals surface area contributed by atoms with Crippen LogP contribution in [0.4, 0.5) is 5.69 Å². The van der Waals surface area contributed by atoms with Gasteiger partial charge in [-0.1, -0.05) is 47.5 Å². The van der Waals surface area contributed by atoms with Crippen LogP contribution in [0.25, 0.3) is 15.7 Å². The maximum atomic E-state index is 11.2. The Hall–Kier alpha value is -2.26. The molecule has 8 nitrogen and oxygen atoms in total. The van der Waals surface area contributed by atoms with Gasteiger partial charge in [-0.05, 0) is 24.3 Å². The first-order valence-electron chi connectivity index (χ1n) is 7.22. The minimum absolute atomic E-state index is 0.0233. The van der Waals surface area contributed by atoms with E-state index in [1.807, 2.05) is 0 Å². The van der Waals surface area contributed by atoms with Gasteiger partial charge < -0.3 is 0 Å². The van der Waals surface area contributed by atoms with Crippen LogP contribution < -0.4 is 0 Å². The van der Waals surface area contributed by atoms with Gasteiger partial charge in [0.05, 0.1) is 0 Å². The lowest BCUT2D eigenvalue weighted by atomic mass is 10.1. The topological polar surface area (TPSA) is 137 Å². The summed E-state index contributed by atoms with van der Waals surface area (Å²) in [4.78, 5) is 2.10. The fourth-order valence-corrected chi connectivity index (χ4v) is 4.12. The van der Waals surface area contributed by atoms with Crippen LogP contribution in [0.3, 0.4) is 0 Å². The van der Waals surface area contributed by atoms with Gasteiger partial charge in [0.25, 0.3) is 20.2 Å². The second-order valence-electron chi connectivity index (χ2n) is 5.25. The number of hydrogen-bond donors (Lipinski definition) is 2. The normalized spacial score (nSPS) is 11.4. The van der Waals surface area contributed by atoms with Crippen molar-refractivity contribution in [2.75, 3.05) is 0 Å². The highest BCUT2D eigenvalue weighted by atomic mass is 35.5.